The second-order valence-corrected chi connectivity index (χ2v) is 8.20. The summed E-state index contributed by atoms with van der Waals surface area (Å²) in [4.78, 5) is 36.6. The van der Waals surface area contributed by atoms with Crippen LogP contribution in [0.15, 0.2) is 72.9 Å². The number of likely N-dealkylation sites (N-methyl/N-ethyl adjacent to an activating group) is 1. The third-order valence-corrected chi connectivity index (χ3v) is 5.63. The van der Waals surface area contributed by atoms with Gasteiger partial charge in [0.1, 0.15) is 5.75 Å². The summed E-state index contributed by atoms with van der Waals surface area (Å²) >= 11 is 12.6. The highest BCUT2D eigenvalue weighted by Gasteiger charge is 2.11. The molecule has 3 aromatic rings. The fraction of sp³-hybridized carbons (Fsp3) is 0.115. The molecular formula is C26H23Cl2N3O4. The molecule has 0 aromatic heterocycles. The minimum Gasteiger partial charge on any atom is -0.495 e. The molecule has 35 heavy (non-hydrogen) atoms. The first-order chi connectivity index (χ1) is 16.8. The van der Waals surface area contributed by atoms with Crippen LogP contribution in [0.2, 0.25) is 10.0 Å². The van der Waals surface area contributed by atoms with E-state index in [1.54, 1.807) is 25.3 Å². The summed E-state index contributed by atoms with van der Waals surface area (Å²) in [5.74, 6) is -0.00382. The van der Waals surface area contributed by atoms with Gasteiger partial charge < -0.3 is 15.4 Å². The number of halogens is 2. The molecule has 3 aromatic carbocycles. The summed E-state index contributed by atoms with van der Waals surface area (Å²) in [5, 5.41) is 5.97. The van der Waals surface area contributed by atoms with Gasteiger partial charge in [0.25, 0.3) is 0 Å². The molecule has 0 heterocycles. The van der Waals surface area contributed by atoms with Crippen LogP contribution in [0, 0.1) is 0 Å². The molecule has 0 aliphatic rings. The minimum atomic E-state index is -0.365. The molecule has 0 atom stereocenters. The van der Waals surface area contributed by atoms with Gasteiger partial charge in [0.15, 0.2) is 0 Å². The molecule has 7 nitrogen and oxygen atoms in total. The van der Waals surface area contributed by atoms with E-state index in [0.29, 0.717) is 28.6 Å². The number of nitrogens with zero attached hydrogens (tertiary/aromatic N) is 1. The monoisotopic (exact) mass is 511 g/mol. The molecule has 180 valence electrons. The van der Waals surface area contributed by atoms with Gasteiger partial charge >= 0.3 is 0 Å². The fourth-order valence-electron chi connectivity index (χ4n) is 3.29. The first kappa shape index (κ1) is 25.8. The van der Waals surface area contributed by atoms with Crippen molar-refractivity contribution in [2.24, 2.45) is 0 Å². The Kier molecular flexibility index (Phi) is 8.89. The number of carbonyl (C=O) groups is 3. The third kappa shape index (κ3) is 6.85. The third-order valence-electron chi connectivity index (χ3n) is 5.03. The average molecular weight is 512 g/mol. The molecule has 0 bridgehead atoms. The Morgan fingerprint density at radius 3 is 2.43 bits per heavy atom. The number of hydrogen-bond donors (Lipinski definition) is 2. The van der Waals surface area contributed by atoms with Gasteiger partial charge in [-0.15, -0.1) is 0 Å². The average Bonchev–Trinajstić information content (AvgIpc) is 2.85. The number of rotatable bonds is 9. The summed E-state index contributed by atoms with van der Waals surface area (Å²) in [7, 11) is 3.04. The van der Waals surface area contributed by atoms with E-state index < -0.39 is 0 Å². The van der Waals surface area contributed by atoms with Crippen LogP contribution in [0.1, 0.15) is 5.56 Å². The van der Waals surface area contributed by atoms with Crippen molar-refractivity contribution in [2.75, 3.05) is 24.4 Å². The maximum atomic E-state index is 12.7. The van der Waals surface area contributed by atoms with Crippen LogP contribution in [0.25, 0.3) is 11.1 Å². The Labute approximate surface area is 213 Å². The number of carbonyl (C=O) groups excluding carboxylic acids is 3. The lowest BCUT2D eigenvalue weighted by atomic mass is 10.0. The molecular weight excluding hydrogens is 489 g/mol. The first-order valence-corrected chi connectivity index (χ1v) is 11.3. The molecule has 0 fully saturated rings. The Hall–Kier alpha value is -3.81. The van der Waals surface area contributed by atoms with E-state index >= 15 is 0 Å². The second-order valence-electron chi connectivity index (χ2n) is 7.38. The zero-order valence-electron chi connectivity index (χ0n) is 19.0. The van der Waals surface area contributed by atoms with E-state index in [1.807, 2.05) is 36.4 Å². The van der Waals surface area contributed by atoms with Gasteiger partial charge in [-0.2, -0.15) is 0 Å². The lowest BCUT2D eigenvalue weighted by molar-refractivity contribution is -0.116. The quantitative estimate of drug-likeness (QED) is 0.310. The van der Waals surface area contributed by atoms with Crippen molar-refractivity contribution >= 4 is 52.8 Å². The van der Waals surface area contributed by atoms with Crippen LogP contribution in [-0.2, 0) is 20.8 Å². The van der Waals surface area contributed by atoms with Gasteiger partial charge in [-0.1, -0.05) is 53.5 Å². The van der Waals surface area contributed by atoms with Crippen LogP contribution >= 0.6 is 23.2 Å². The zero-order chi connectivity index (χ0) is 25.4. The van der Waals surface area contributed by atoms with Gasteiger partial charge in [0.05, 0.1) is 29.3 Å². The van der Waals surface area contributed by atoms with Crippen molar-refractivity contribution in [1.82, 2.24) is 5.32 Å². The number of methoxy groups -OCH3 is 1. The highest BCUT2D eigenvalue weighted by molar-refractivity contribution is 6.34. The van der Waals surface area contributed by atoms with E-state index in [1.165, 1.54) is 30.3 Å². The molecule has 3 rings (SSSR count). The molecule has 0 spiro atoms. The van der Waals surface area contributed by atoms with Gasteiger partial charge in [-0.05, 0) is 47.0 Å². The molecule has 9 heteroatoms. The first-order valence-electron chi connectivity index (χ1n) is 10.5. The number of hydrogen-bond acceptors (Lipinski definition) is 4. The molecule has 0 aliphatic heterocycles. The van der Waals surface area contributed by atoms with E-state index in [0.717, 1.165) is 16.7 Å². The van der Waals surface area contributed by atoms with Crippen LogP contribution in [-0.4, -0.2) is 32.4 Å². The maximum Gasteiger partial charge on any atom is 0.245 e. The zero-order valence-corrected chi connectivity index (χ0v) is 20.6. The van der Waals surface area contributed by atoms with Crippen molar-refractivity contribution in [3.8, 4) is 16.9 Å². The molecule has 0 saturated heterocycles. The highest BCUT2D eigenvalue weighted by atomic mass is 35.5. The highest BCUT2D eigenvalue weighted by Crippen LogP contribution is 2.31. The Bertz CT molecular complexity index is 1280. The maximum absolute atomic E-state index is 12.7. The Morgan fingerprint density at radius 2 is 1.77 bits per heavy atom. The standard InChI is InChI=1S/C26H23Cl2N3O4/c1-29-25(33)10-11-31(16-32)23-8-7-20(15-21(23)27)30-26(34)13-17-4-3-5-18(12-17)19-6-9-24(35-2)22(28)14-19/h3-12,14-16H,13H2,1-2H3,(H,29,33)(H,30,34)/b11-10-. The number of ether oxygens (including phenoxy) is 1. The largest absolute Gasteiger partial charge is 0.495 e. The van der Waals surface area contributed by atoms with Crippen LogP contribution < -0.4 is 20.3 Å². The predicted molar refractivity (Wildman–Crippen MR) is 139 cm³/mol. The normalized spacial score (nSPS) is 10.6. The van der Waals surface area contributed by atoms with Crippen molar-refractivity contribution in [3.63, 3.8) is 0 Å². The van der Waals surface area contributed by atoms with Crippen LogP contribution in [0.5, 0.6) is 5.75 Å². The smallest absolute Gasteiger partial charge is 0.245 e. The summed E-state index contributed by atoms with van der Waals surface area (Å²) in [6.07, 6.45) is 3.18. The van der Waals surface area contributed by atoms with Gasteiger partial charge in [-0.25, -0.2) is 0 Å². The fourth-order valence-corrected chi connectivity index (χ4v) is 3.83. The number of anilines is 2. The van der Waals surface area contributed by atoms with Crippen LogP contribution in [0.3, 0.4) is 0 Å². The molecule has 0 unspecified atom stereocenters. The lowest BCUT2D eigenvalue weighted by Crippen LogP contribution is -2.18. The SMILES string of the molecule is CNC(=O)/C=C\N(C=O)c1ccc(NC(=O)Cc2cccc(-c3ccc(OC)c(Cl)c3)c2)cc1Cl. The van der Waals surface area contributed by atoms with Gasteiger partial charge in [0.2, 0.25) is 18.2 Å². The second kappa shape index (κ2) is 12.1. The van der Waals surface area contributed by atoms with Crippen molar-refractivity contribution in [2.45, 2.75) is 6.42 Å². The Morgan fingerprint density at radius 1 is 1.00 bits per heavy atom. The Balaban J connectivity index is 1.70. The van der Waals surface area contributed by atoms with E-state index in [4.69, 9.17) is 27.9 Å². The minimum absolute atomic E-state index is 0.145. The number of benzene rings is 3. The van der Waals surface area contributed by atoms with E-state index in [9.17, 15) is 14.4 Å². The topological polar surface area (TPSA) is 87.7 Å². The number of amides is 3. The summed E-state index contributed by atoms with van der Waals surface area (Å²) in [5.41, 5.74) is 3.49. The summed E-state index contributed by atoms with van der Waals surface area (Å²) in [6.45, 7) is 0. The van der Waals surface area contributed by atoms with Crippen molar-refractivity contribution in [1.29, 1.82) is 0 Å². The molecule has 0 radical (unpaired) electrons. The molecule has 0 aliphatic carbocycles. The lowest BCUT2D eigenvalue weighted by Gasteiger charge is -2.15. The van der Waals surface area contributed by atoms with E-state index in [-0.39, 0.29) is 23.3 Å². The summed E-state index contributed by atoms with van der Waals surface area (Å²) < 4.78 is 5.20. The van der Waals surface area contributed by atoms with Crippen LogP contribution in [0.4, 0.5) is 11.4 Å². The van der Waals surface area contributed by atoms with E-state index in [2.05, 4.69) is 10.6 Å². The van der Waals surface area contributed by atoms with Gasteiger partial charge in [-0.3, -0.25) is 19.3 Å². The summed E-state index contributed by atoms with van der Waals surface area (Å²) in [6, 6.07) is 17.9. The number of nitrogens with one attached hydrogen (secondary N) is 2. The van der Waals surface area contributed by atoms with Crippen molar-refractivity contribution in [3.05, 3.63) is 88.5 Å². The van der Waals surface area contributed by atoms with Gasteiger partial charge in [0, 0.05) is 25.0 Å². The molecule has 2 N–H and O–H groups in total. The predicted octanol–water partition coefficient (Wildman–Crippen LogP) is 5.07. The molecule has 0 saturated carbocycles. The van der Waals surface area contributed by atoms with Crippen molar-refractivity contribution < 1.29 is 19.1 Å². The molecule has 3 amide bonds.